The predicted octanol–water partition coefficient (Wildman–Crippen LogP) is 0.793. The third-order valence-corrected chi connectivity index (χ3v) is 1.94. The minimum absolute atomic E-state index is 0.188. The number of carbonyl (C=O) groups excluding carboxylic acids is 1. The van der Waals surface area contributed by atoms with Gasteiger partial charge in [-0.15, -0.1) is 0 Å². The van der Waals surface area contributed by atoms with Crippen LogP contribution in [-0.2, 0) is 4.79 Å². The number of likely N-dealkylation sites (tertiary alicyclic amines) is 1. The molecule has 0 saturated carbocycles. The summed E-state index contributed by atoms with van der Waals surface area (Å²) in [6.45, 7) is 5.77. The van der Waals surface area contributed by atoms with E-state index >= 15 is 0 Å². The van der Waals surface area contributed by atoms with E-state index in [1.807, 2.05) is 14.0 Å². The molecule has 1 aliphatic rings. The molecule has 2 heteroatoms. The van der Waals surface area contributed by atoms with Crippen LogP contribution in [0.15, 0.2) is 12.2 Å². The van der Waals surface area contributed by atoms with E-state index in [4.69, 9.17) is 0 Å². The standard InChI is InChI=1S/C7H11NO/c1-5-4-7(9)8(3)6(5)2/h6H,1,4H2,2-3H3. The first-order valence-electron chi connectivity index (χ1n) is 3.06. The molecule has 1 fully saturated rings. The van der Waals surface area contributed by atoms with Crippen LogP contribution < -0.4 is 0 Å². The number of carbonyl (C=O) groups is 1. The van der Waals surface area contributed by atoms with Gasteiger partial charge in [0.2, 0.25) is 5.91 Å². The zero-order chi connectivity index (χ0) is 7.02. The van der Waals surface area contributed by atoms with Crippen LogP contribution in [0.1, 0.15) is 13.3 Å². The Hall–Kier alpha value is -0.790. The average molecular weight is 125 g/mol. The van der Waals surface area contributed by atoms with Gasteiger partial charge in [0.25, 0.3) is 0 Å². The summed E-state index contributed by atoms with van der Waals surface area (Å²) in [6.07, 6.45) is 0.539. The van der Waals surface area contributed by atoms with Crippen LogP contribution in [-0.4, -0.2) is 23.9 Å². The summed E-state index contributed by atoms with van der Waals surface area (Å²) >= 11 is 0. The number of amides is 1. The van der Waals surface area contributed by atoms with Crippen molar-refractivity contribution in [3.8, 4) is 0 Å². The zero-order valence-corrected chi connectivity index (χ0v) is 5.85. The van der Waals surface area contributed by atoms with E-state index in [9.17, 15) is 4.79 Å². The summed E-state index contributed by atoms with van der Waals surface area (Å²) in [5, 5.41) is 0. The van der Waals surface area contributed by atoms with Gasteiger partial charge in [0.1, 0.15) is 0 Å². The Balaban J connectivity index is 2.77. The number of likely N-dealkylation sites (N-methyl/N-ethyl adjacent to an activating group) is 1. The topological polar surface area (TPSA) is 20.3 Å². The van der Waals surface area contributed by atoms with Gasteiger partial charge < -0.3 is 4.90 Å². The van der Waals surface area contributed by atoms with Crippen LogP contribution in [0.4, 0.5) is 0 Å². The SMILES string of the molecule is C=C1CC(=O)N(C)C1C. The Morgan fingerprint density at radius 1 is 1.78 bits per heavy atom. The molecule has 1 saturated heterocycles. The first-order chi connectivity index (χ1) is 4.13. The van der Waals surface area contributed by atoms with E-state index in [1.165, 1.54) is 0 Å². The fourth-order valence-corrected chi connectivity index (χ4v) is 0.956. The Morgan fingerprint density at radius 3 is 2.44 bits per heavy atom. The van der Waals surface area contributed by atoms with Crippen molar-refractivity contribution in [2.75, 3.05) is 7.05 Å². The van der Waals surface area contributed by atoms with Gasteiger partial charge >= 0.3 is 0 Å². The van der Waals surface area contributed by atoms with E-state index in [-0.39, 0.29) is 11.9 Å². The summed E-state index contributed by atoms with van der Waals surface area (Å²) in [5.74, 6) is 0.188. The van der Waals surface area contributed by atoms with Crippen LogP contribution in [0.3, 0.4) is 0 Å². The van der Waals surface area contributed by atoms with Crippen LogP contribution in [0, 0.1) is 0 Å². The lowest BCUT2D eigenvalue weighted by molar-refractivity contribution is -0.127. The van der Waals surface area contributed by atoms with Crippen molar-refractivity contribution >= 4 is 5.91 Å². The maximum Gasteiger partial charge on any atom is 0.226 e. The number of hydrogen-bond acceptors (Lipinski definition) is 1. The van der Waals surface area contributed by atoms with Gasteiger partial charge in [0, 0.05) is 19.5 Å². The molecule has 1 unspecified atom stereocenters. The van der Waals surface area contributed by atoms with Crippen LogP contribution in [0.5, 0.6) is 0 Å². The smallest absolute Gasteiger partial charge is 0.226 e. The average Bonchev–Trinajstić information content (AvgIpc) is 1.98. The molecule has 9 heavy (non-hydrogen) atoms. The Kier molecular flexibility index (Phi) is 1.31. The quantitative estimate of drug-likeness (QED) is 0.438. The lowest BCUT2D eigenvalue weighted by Gasteiger charge is -2.14. The highest BCUT2D eigenvalue weighted by Gasteiger charge is 2.26. The van der Waals surface area contributed by atoms with E-state index in [1.54, 1.807) is 4.90 Å². The van der Waals surface area contributed by atoms with Gasteiger partial charge in [-0.3, -0.25) is 4.79 Å². The molecule has 1 atom stereocenters. The number of hydrogen-bond donors (Lipinski definition) is 0. The second kappa shape index (κ2) is 1.87. The molecule has 1 amide bonds. The molecule has 2 nitrogen and oxygen atoms in total. The van der Waals surface area contributed by atoms with Crippen molar-refractivity contribution < 1.29 is 4.79 Å². The molecule has 1 rings (SSSR count). The highest BCUT2D eigenvalue weighted by Crippen LogP contribution is 2.19. The summed E-state index contributed by atoms with van der Waals surface area (Å²) in [4.78, 5) is 12.6. The third-order valence-electron chi connectivity index (χ3n) is 1.94. The van der Waals surface area contributed by atoms with Gasteiger partial charge in [-0.25, -0.2) is 0 Å². The van der Waals surface area contributed by atoms with Crippen molar-refractivity contribution in [3.63, 3.8) is 0 Å². The van der Waals surface area contributed by atoms with Crippen molar-refractivity contribution in [2.45, 2.75) is 19.4 Å². The molecule has 0 N–H and O–H groups in total. The summed E-state index contributed by atoms with van der Waals surface area (Å²) < 4.78 is 0. The molecular weight excluding hydrogens is 114 g/mol. The second-order valence-corrected chi connectivity index (χ2v) is 2.52. The van der Waals surface area contributed by atoms with E-state index < -0.39 is 0 Å². The van der Waals surface area contributed by atoms with E-state index in [0.29, 0.717) is 6.42 Å². The van der Waals surface area contributed by atoms with Crippen LogP contribution in [0.25, 0.3) is 0 Å². The van der Waals surface area contributed by atoms with E-state index in [0.717, 1.165) is 5.57 Å². The first kappa shape index (κ1) is 6.33. The van der Waals surface area contributed by atoms with Crippen molar-refractivity contribution in [1.82, 2.24) is 4.90 Å². The van der Waals surface area contributed by atoms with Gasteiger partial charge in [-0.2, -0.15) is 0 Å². The lowest BCUT2D eigenvalue weighted by Crippen LogP contribution is -2.26. The van der Waals surface area contributed by atoms with E-state index in [2.05, 4.69) is 6.58 Å². The zero-order valence-electron chi connectivity index (χ0n) is 5.85. The molecule has 0 aromatic rings. The fourth-order valence-electron chi connectivity index (χ4n) is 0.956. The normalized spacial score (nSPS) is 27.8. The minimum atomic E-state index is 0.188. The molecular formula is C7H11NO. The Labute approximate surface area is 55.2 Å². The predicted molar refractivity (Wildman–Crippen MR) is 36.0 cm³/mol. The maximum atomic E-state index is 10.9. The Morgan fingerprint density at radius 2 is 2.33 bits per heavy atom. The molecule has 0 spiro atoms. The van der Waals surface area contributed by atoms with Crippen molar-refractivity contribution in [3.05, 3.63) is 12.2 Å². The van der Waals surface area contributed by atoms with Gasteiger partial charge in [0.15, 0.2) is 0 Å². The van der Waals surface area contributed by atoms with Gasteiger partial charge in [0.05, 0.1) is 0 Å². The summed E-state index contributed by atoms with van der Waals surface area (Å²) in [6, 6.07) is 0.248. The molecule has 0 aromatic heterocycles. The third kappa shape index (κ3) is 0.846. The first-order valence-corrected chi connectivity index (χ1v) is 3.06. The molecule has 0 radical (unpaired) electrons. The summed E-state index contributed by atoms with van der Waals surface area (Å²) in [5.41, 5.74) is 1.03. The highest BCUT2D eigenvalue weighted by molar-refractivity contribution is 5.82. The van der Waals surface area contributed by atoms with Crippen molar-refractivity contribution in [2.24, 2.45) is 0 Å². The molecule has 0 aliphatic carbocycles. The van der Waals surface area contributed by atoms with Gasteiger partial charge in [-0.05, 0) is 12.5 Å². The monoisotopic (exact) mass is 125 g/mol. The molecule has 1 aliphatic heterocycles. The van der Waals surface area contributed by atoms with Crippen LogP contribution >= 0.6 is 0 Å². The number of rotatable bonds is 0. The highest BCUT2D eigenvalue weighted by atomic mass is 16.2. The molecule has 1 heterocycles. The molecule has 50 valence electrons. The largest absolute Gasteiger partial charge is 0.339 e. The fraction of sp³-hybridized carbons (Fsp3) is 0.571. The summed E-state index contributed by atoms with van der Waals surface area (Å²) in [7, 11) is 1.81. The Bertz CT molecular complexity index is 144. The van der Waals surface area contributed by atoms with Crippen molar-refractivity contribution in [1.29, 1.82) is 0 Å². The molecule has 0 aromatic carbocycles. The maximum absolute atomic E-state index is 10.9. The molecule has 0 bridgehead atoms. The number of nitrogens with zero attached hydrogens (tertiary/aromatic N) is 1. The second-order valence-electron chi connectivity index (χ2n) is 2.52. The van der Waals surface area contributed by atoms with Crippen LogP contribution in [0.2, 0.25) is 0 Å². The van der Waals surface area contributed by atoms with Gasteiger partial charge in [-0.1, -0.05) is 6.58 Å². The lowest BCUT2D eigenvalue weighted by atomic mass is 10.2. The minimum Gasteiger partial charge on any atom is -0.339 e.